The van der Waals surface area contributed by atoms with Crippen LogP contribution >= 0.6 is 0 Å². The fourth-order valence-corrected chi connectivity index (χ4v) is 4.66. The Bertz CT molecular complexity index is 723. The molecule has 1 saturated heterocycles. The maximum Gasteiger partial charge on any atom is 0.326 e. The molecular weight excluding hydrogens is 360 g/mol. The molecule has 1 aliphatic heterocycles. The number of amides is 1. The van der Waals surface area contributed by atoms with Crippen molar-refractivity contribution in [2.24, 2.45) is 5.92 Å². The van der Waals surface area contributed by atoms with Crippen LogP contribution in [-0.2, 0) is 20.8 Å². The van der Waals surface area contributed by atoms with E-state index in [0.29, 0.717) is 19.3 Å². The Hall–Kier alpha value is -2.41. The summed E-state index contributed by atoms with van der Waals surface area (Å²) in [7, 11) is 0. The summed E-state index contributed by atoms with van der Waals surface area (Å²) in [6.07, 6.45) is 4.21. The molecule has 1 amide bonds. The van der Waals surface area contributed by atoms with Gasteiger partial charge in [-0.3, -0.25) is 14.9 Å². The molecule has 5 atom stereocenters. The molecule has 1 heterocycles. The van der Waals surface area contributed by atoms with Crippen molar-refractivity contribution in [3.63, 3.8) is 0 Å². The summed E-state index contributed by atoms with van der Waals surface area (Å²) in [5, 5.41) is 22.0. The molecule has 7 nitrogen and oxygen atoms in total. The molecule has 0 spiro atoms. The van der Waals surface area contributed by atoms with Crippen LogP contribution in [0.4, 0.5) is 0 Å². The number of carboxylic acids is 2. The summed E-state index contributed by atoms with van der Waals surface area (Å²) in [6, 6.07) is 7.13. The molecule has 3 rings (SSSR count). The first-order valence-corrected chi connectivity index (χ1v) is 9.96. The van der Waals surface area contributed by atoms with Crippen LogP contribution in [0.1, 0.15) is 44.6 Å². The van der Waals surface area contributed by atoms with E-state index in [-0.39, 0.29) is 17.9 Å². The highest BCUT2D eigenvalue weighted by molar-refractivity contribution is 5.88. The van der Waals surface area contributed by atoms with Crippen LogP contribution in [0.3, 0.4) is 0 Å². The van der Waals surface area contributed by atoms with Gasteiger partial charge < -0.3 is 15.1 Å². The van der Waals surface area contributed by atoms with Crippen LogP contribution in [0.15, 0.2) is 30.3 Å². The largest absolute Gasteiger partial charge is 0.480 e. The molecule has 1 unspecified atom stereocenters. The third-order valence-corrected chi connectivity index (χ3v) is 6.06. The minimum Gasteiger partial charge on any atom is -0.480 e. The summed E-state index contributed by atoms with van der Waals surface area (Å²) >= 11 is 0. The number of carbonyl (C=O) groups excluding carboxylic acids is 1. The second-order valence-electron chi connectivity index (χ2n) is 7.90. The number of fused-ring (bicyclic) bond motifs is 1. The minimum atomic E-state index is -1.01. The lowest BCUT2D eigenvalue weighted by Gasteiger charge is -2.31. The molecule has 152 valence electrons. The van der Waals surface area contributed by atoms with Crippen LogP contribution in [-0.4, -0.2) is 57.1 Å². The van der Waals surface area contributed by atoms with Crippen molar-refractivity contribution in [1.82, 2.24) is 10.2 Å². The SMILES string of the molecule is C[C@H](N[C@@H](CCc1ccccc1)C(=O)O)C(=O)N1C(C(=O)O)C[C@H]2CCC[C@H]21. The van der Waals surface area contributed by atoms with Gasteiger partial charge >= 0.3 is 11.9 Å². The maximum atomic E-state index is 13.0. The van der Waals surface area contributed by atoms with Crippen LogP contribution < -0.4 is 5.32 Å². The van der Waals surface area contributed by atoms with Crippen molar-refractivity contribution in [1.29, 1.82) is 0 Å². The number of aryl methyl sites for hydroxylation is 1. The van der Waals surface area contributed by atoms with E-state index in [1.165, 1.54) is 4.90 Å². The quantitative estimate of drug-likeness (QED) is 0.628. The zero-order valence-electron chi connectivity index (χ0n) is 16.1. The fraction of sp³-hybridized carbons (Fsp3) is 0.571. The van der Waals surface area contributed by atoms with Crippen molar-refractivity contribution in [3.8, 4) is 0 Å². The molecule has 0 radical (unpaired) electrons. The molecule has 2 fully saturated rings. The van der Waals surface area contributed by atoms with E-state index < -0.39 is 30.1 Å². The zero-order valence-corrected chi connectivity index (χ0v) is 16.1. The topological polar surface area (TPSA) is 107 Å². The third kappa shape index (κ3) is 4.35. The van der Waals surface area contributed by atoms with Crippen molar-refractivity contribution in [3.05, 3.63) is 35.9 Å². The molecule has 7 heteroatoms. The van der Waals surface area contributed by atoms with Gasteiger partial charge in [0.1, 0.15) is 12.1 Å². The second kappa shape index (κ2) is 8.73. The Morgan fingerprint density at radius 2 is 1.89 bits per heavy atom. The van der Waals surface area contributed by atoms with Crippen LogP contribution in [0.25, 0.3) is 0 Å². The Kier molecular flexibility index (Phi) is 6.34. The third-order valence-electron chi connectivity index (χ3n) is 6.06. The van der Waals surface area contributed by atoms with E-state index in [2.05, 4.69) is 5.32 Å². The standard InChI is InChI=1S/C21H28N2O5/c1-13(22-16(20(25)26)11-10-14-6-3-2-4-7-14)19(24)23-17-9-5-8-15(17)12-18(23)21(27)28/h2-4,6-7,13,15-18,22H,5,8-12H2,1H3,(H,25,26)(H,27,28)/t13-,15+,16-,17+,18?/m0/s1. The van der Waals surface area contributed by atoms with Gasteiger partial charge in [0.15, 0.2) is 0 Å². The molecule has 3 N–H and O–H groups in total. The van der Waals surface area contributed by atoms with Gasteiger partial charge in [-0.2, -0.15) is 0 Å². The van der Waals surface area contributed by atoms with Gasteiger partial charge in [0.2, 0.25) is 5.91 Å². The van der Waals surface area contributed by atoms with Crippen LogP contribution in [0.2, 0.25) is 0 Å². The lowest BCUT2D eigenvalue weighted by molar-refractivity contribution is -0.151. The Balaban J connectivity index is 1.65. The van der Waals surface area contributed by atoms with Gasteiger partial charge in [-0.25, -0.2) is 4.79 Å². The Morgan fingerprint density at radius 3 is 2.54 bits per heavy atom. The summed E-state index contributed by atoms with van der Waals surface area (Å²) in [5.74, 6) is -2.06. The van der Waals surface area contributed by atoms with Gasteiger partial charge in [-0.05, 0) is 50.5 Å². The molecule has 1 aliphatic carbocycles. The van der Waals surface area contributed by atoms with Gasteiger partial charge in [0.25, 0.3) is 0 Å². The highest BCUT2D eigenvalue weighted by atomic mass is 16.4. The number of carbonyl (C=O) groups is 3. The van der Waals surface area contributed by atoms with Crippen molar-refractivity contribution in [2.45, 2.75) is 69.6 Å². The van der Waals surface area contributed by atoms with E-state index in [9.17, 15) is 24.6 Å². The normalized spacial score (nSPS) is 25.9. The van der Waals surface area contributed by atoms with E-state index in [1.54, 1.807) is 6.92 Å². The predicted octanol–water partition coefficient (Wildman–Crippen LogP) is 1.90. The number of benzene rings is 1. The number of hydrogen-bond acceptors (Lipinski definition) is 4. The lowest BCUT2D eigenvalue weighted by Crippen LogP contribution is -2.55. The summed E-state index contributed by atoms with van der Waals surface area (Å²) in [4.78, 5) is 37.9. The average molecular weight is 388 g/mol. The monoisotopic (exact) mass is 388 g/mol. The van der Waals surface area contributed by atoms with Crippen LogP contribution in [0.5, 0.6) is 0 Å². The van der Waals surface area contributed by atoms with E-state index in [1.807, 2.05) is 30.3 Å². The first-order valence-electron chi connectivity index (χ1n) is 9.96. The molecule has 28 heavy (non-hydrogen) atoms. The molecule has 1 aromatic carbocycles. The second-order valence-corrected chi connectivity index (χ2v) is 7.90. The number of nitrogens with zero attached hydrogens (tertiary/aromatic N) is 1. The molecule has 0 bridgehead atoms. The maximum absolute atomic E-state index is 13.0. The van der Waals surface area contributed by atoms with Gasteiger partial charge in [0.05, 0.1) is 6.04 Å². The number of nitrogens with one attached hydrogen (secondary N) is 1. The summed E-state index contributed by atoms with van der Waals surface area (Å²) < 4.78 is 0. The predicted molar refractivity (Wildman–Crippen MR) is 103 cm³/mol. The number of rotatable bonds is 8. The lowest BCUT2D eigenvalue weighted by atomic mass is 10.0. The van der Waals surface area contributed by atoms with E-state index >= 15 is 0 Å². The molecule has 1 saturated carbocycles. The summed E-state index contributed by atoms with van der Waals surface area (Å²) in [6.45, 7) is 1.63. The van der Waals surface area contributed by atoms with Crippen LogP contribution in [0, 0.1) is 5.92 Å². The van der Waals surface area contributed by atoms with Crippen molar-refractivity contribution < 1.29 is 24.6 Å². The van der Waals surface area contributed by atoms with E-state index in [4.69, 9.17) is 0 Å². The highest BCUT2D eigenvalue weighted by Crippen LogP contribution is 2.41. The molecule has 0 aromatic heterocycles. The van der Waals surface area contributed by atoms with Gasteiger partial charge in [-0.15, -0.1) is 0 Å². The van der Waals surface area contributed by atoms with Gasteiger partial charge in [0, 0.05) is 6.04 Å². The zero-order chi connectivity index (χ0) is 20.3. The molecular formula is C21H28N2O5. The summed E-state index contributed by atoms with van der Waals surface area (Å²) in [5.41, 5.74) is 1.04. The molecule has 2 aliphatic rings. The molecule has 1 aromatic rings. The highest BCUT2D eigenvalue weighted by Gasteiger charge is 2.49. The Morgan fingerprint density at radius 1 is 1.18 bits per heavy atom. The Labute approximate surface area is 164 Å². The van der Waals surface area contributed by atoms with E-state index in [0.717, 1.165) is 24.8 Å². The van der Waals surface area contributed by atoms with Crippen molar-refractivity contribution >= 4 is 17.8 Å². The minimum absolute atomic E-state index is 0.0366. The number of hydrogen-bond donors (Lipinski definition) is 3. The van der Waals surface area contributed by atoms with Gasteiger partial charge in [-0.1, -0.05) is 36.8 Å². The first kappa shape index (κ1) is 20.3. The average Bonchev–Trinajstić information content (AvgIpc) is 3.26. The smallest absolute Gasteiger partial charge is 0.326 e. The number of aliphatic carboxylic acids is 2. The first-order chi connectivity index (χ1) is 13.4. The number of carboxylic acid groups (broad SMARTS) is 2. The number of likely N-dealkylation sites (tertiary alicyclic amines) is 1. The van der Waals surface area contributed by atoms with Crippen molar-refractivity contribution in [2.75, 3.05) is 0 Å². The fourth-order valence-electron chi connectivity index (χ4n) is 4.66.